The molecule has 0 amide bonds. The number of halogens is 2. The molecule has 8 heteroatoms. The second-order valence-electron chi connectivity index (χ2n) is 3.79. The molecule has 4 nitrogen and oxygen atoms in total. The lowest BCUT2D eigenvalue weighted by atomic mass is 10.3. The number of sulfonamides is 1. The predicted octanol–water partition coefficient (Wildman–Crippen LogP) is 1.58. The Kier molecular flexibility index (Phi) is 4.94. The Labute approximate surface area is 109 Å². The first kappa shape index (κ1) is 15.2. The second-order valence-corrected chi connectivity index (χ2v) is 6.39. The maximum Gasteiger partial charge on any atom is 0.243 e. The third-order valence-electron chi connectivity index (χ3n) is 2.08. The summed E-state index contributed by atoms with van der Waals surface area (Å²) in [5, 5.41) is 0. The minimum Gasteiger partial charge on any atom is -0.399 e. The van der Waals surface area contributed by atoms with Crippen molar-refractivity contribution < 1.29 is 17.2 Å². The number of benzene rings is 1. The van der Waals surface area contributed by atoms with Crippen molar-refractivity contribution in [2.24, 2.45) is 0 Å². The number of hydrogen-bond donors (Lipinski definition) is 2. The smallest absolute Gasteiger partial charge is 0.243 e. The topological polar surface area (TPSA) is 72.2 Å². The number of nitrogens with two attached hydrogens (primary N) is 1. The lowest BCUT2D eigenvalue weighted by Gasteiger charge is -2.14. The van der Waals surface area contributed by atoms with Gasteiger partial charge in [-0.05, 0) is 25.3 Å². The Bertz CT molecular complexity index is 535. The van der Waals surface area contributed by atoms with Crippen molar-refractivity contribution in [1.82, 2.24) is 4.72 Å². The van der Waals surface area contributed by atoms with Crippen molar-refractivity contribution in [2.45, 2.75) is 17.9 Å². The van der Waals surface area contributed by atoms with Gasteiger partial charge in [0, 0.05) is 17.5 Å². The molecule has 0 heterocycles. The fourth-order valence-corrected chi connectivity index (χ4v) is 3.45. The minimum absolute atomic E-state index is 0.146. The number of hydrogen-bond acceptors (Lipinski definition) is 4. The number of rotatable bonds is 5. The summed E-state index contributed by atoms with van der Waals surface area (Å²) in [6, 6.07) is 1.24. The van der Waals surface area contributed by atoms with E-state index < -0.39 is 32.6 Å². The summed E-state index contributed by atoms with van der Waals surface area (Å²) >= 11 is 1.44. The zero-order valence-corrected chi connectivity index (χ0v) is 11.5. The van der Waals surface area contributed by atoms with Gasteiger partial charge in [0.2, 0.25) is 10.0 Å². The van der Waals surface area contributed by atoms with E-state index in [9.17, 15) is 17.2 Å². The minimum atomic E-state index is -4.12. The summed E-state index contributed by atoms with van der Waals surface area (Å²) in [6.45, 7) is 1.63. The average molecular weight is 296 g/mol. The van der Waals surface area contributed by atoms with Crippen molar-refractivity contribution in [3.05, 3.63) is 23.8 Å². The number of nitrogens with one attached hydrogen (secondary N) is 1. The molecule has 1 aromatic rings. The van der Waals surface area contributed by atoms with Crippen LogP contribution >= 0.6 is 11.8 Å². The summed E-state index contributed by atoms with van der Waals surface area (Å²) < 4.78 is 52.5. The maximum absolute atomic E-state index is 13.5. The van der Waals surface area contributed by atoms with Gasteiger partial charge < -0.3 is 5.73 Å². The van der Waals surface area contributed by atoms with Crippen LogP contribution in [0.1, 0.15) is 6.92 Å². The van der Waals surface area contributed by atoms with Gasteiger partial charge in [-0.3, -0.25) is 0 Å². The molecule has 0 saturated heterocycles. The fourth-order valence-electron chi connectivity index (χ4n) is 1.39. The first-order chi connectivity index (χ1) is 8.27. The molecule has 1 rings (SSSR count). The first-order valence-corrected chi connectivity index (χ1v) is 7.91. The van der Waals surface area contributed by atoms with Crippen LogP contribution in [0.5, 0.6) is 0 Å². The molecule has 0 aliphatic rings. The highest BCUT2D eigenvalue weighted by molar-refractivity contribution is 7.98. The van der Waals surface area contributed by atoms with Crippen molar-refractivity contribution >= 4 is 27.5 Å². The van der Waals surface area contributed by atoms with E-state index in [2.05, 4.69) is 4.72 Å². The van der Waals surface area contributed by atoms with E-state index in [4.69, 9.17) is 5.73 Å². The van der Waals surface area contributed by atoms with Gasteiger partial charge in [0.05, 0.1) is 0 Å². The van der Waals surface area contributed by atoms with Gasteiger partial charge in [0.25, 0.3) is 0 Å². The van der Waals surface area contributed by atoms with Gasteiger partial charge in [-0.2, -0.15) is 11.8 Å². The van der Waals surface area contributed by atoms with Gasteiger partial charge in [0.1, 0.15) is 4.90 Å². The summed E-state index contributed by atoms with van der Waals surface area (Å²) in [4.78, 5) is -0.770. The molecule has 0 saturated carbocycles. The van der Waals surface area contributed by atoms with Gasteiger partial charge in [-0.25, -0.2) is 21.9 Å². The van der Waals surface area contributed by atoms with Crippen molar-refractivity contribution in [2.75, 3.05) is 17.7 Å². The third kappa shape index (κ3) is 3.56. The van der Waals surface area contributed by atoms with Crippen LogP contribution in [-0.2, 0) is 10.0 Å². The molecule has 1 aromatic carbocycles. The molecule has 18 heavy (non-hydrogen) atoms. The third-order valence-corrected chi connectivity index (χ3v) is 4.50. The molecule has 1 atom stereocenters. The normalized spacial score (nSPS) is 13.6. The Morgan fingerprint density at radius 3 is 2.61 bits per heavy atom. The highest BCUT2D eigenvalue weighted by Crippen LogP contribution is 2.21. The van der Waals surface area contributed by atoms with E-state index >= 15 is 0 Å². The Hall–Kier alpha value is -0.860. The van der Waals surface area contributed by atoms with Crippen LogP contribution in [0.2, 0.25) is 0 Å². The van der Waals surface area contributed by atoms with Crippen LogP contribution in [0.25, 0.3) is 0 Å². The van der Waals surface area contributed by atoms with Crippen molar-refractivity contribution in [3.8, 4) is 0 Å². The first-order valence-electron chi connectivity index (χ1n) is 5.03. The molecule has 0 aromatic heterocycles. The molecule has 0 fully saturated rings. The van der Waals surface area contributed by atoms with E-state index in [-0.39, 0.29) is 5.69 Å². The maximum atomic E-state index is 13.5. The van der Waals surface area contributed by atoms with Crippen molar-refractivity contribution in [1.29, 1.82) is 0 Å². The molecule has 0 radical (unpaired) electrons. The molecule has 0 aliphatic heterocycles. The monoisotopic (exact) mass is 296 g/mol. The fraction of sp³-hybridized carbons (Fsp3) is 0.400. The number of nitrogen functional groups attached to an aromatic ring is 1. The summed E-state index contributed by atoms with van der Waals surface area (Å²) in [6.07, 6.45) is 1.81. The average Bonchev–Trinajstić information content (AvgIpc) is 2.22. The predicted molar refractivity (Wildman–Crippen MR) is 68.9 cm³/mol. The molecule has 0 aliphatic carbocycles. The molecule has 0 bridgehead atoms. The zero-order valence-electron chi connectivity index (χ0n) is 9.91. The number of anilines is 1. The second kappa shape index (κ2) is 5.85. The van der Waals surface area contributed by atoms with Crippen LogP contribution in [0.3, 0.4) is 0 Å². The van der Waals surface area contributed by atoms with Crippen LogP contribution < -0.4 is 10.5 Å². The zero-order chi connectivity index (χ0) is 13.9. The van der Waals surface area contributed by atoms with Crippen LogP contribution in [0.4, 0.5) is 14.5 Å². The molecule has 0 spiro atoms. The van der Waals surface area contributed by atoms with Gasteiger partial charge in [-0.1, -0.05) is 0 Å². The molecule has 102 valence electrons. The molecular weight excluding hydrogens is 282 g/mol. The Morgan fingerprint density at radius 2 is 2.06 bits per heavy atom. The van der Waals surface area contributed by atoms with Gasteiger partial charge >= 0.3 is 0 Å². The number of thioether (sulfide) groups is 1. The van der Waals surface area contributed by atoms with Crippen LogP contribution in [0, 0.1) is 11.6 Å². The van der Waals surface area contributed by atoms with Gasteiger partial charge in [0.15, 0.2) is 11.6 Å². The Morgan fingerprint density at radius 1 is 1.44 bits per heavy atom. The summed E-state index contributed by atoms with van der Waals surface area (Å²) in [5.74, 6) is -2.19. The van der Waals surface area contributed by atoms with E-state index in [1.54, 1.807) is 6.92 Å². The summed E-state index contributed by atoms with van der Waals surface area (Å²) in [5.41, 5.74) is 5.16. The SMILES string of the molecule is CSCC(C)NS(=O)(=O)c1cc(N)cc(F)c1F. The van der Waals surface area contributed by atoms with E-state index in [0.29, 0.717) is 5.75 Å². The van der Waals surface area contributed by atoms with Gasteiger partial charge in [-0.15, -0.1) is 0 Å². The molecule has 1 unspecified atom stereocenters. The summed E-state index contributed by atoms with van der Waals surface area (Å²) in [7, 11) is -4.12. The Balaban J connectivity index is 3.13. The quantitative estimate of drug-likeness (QED) is 0.809. The lowest BCUT2D eigenvalue weighted by molar-refractivity contribution is 0.483. The van der Waals surface area contributed by atoms with E-state index in [1.807, 2.05) is 6.26 Å². The van der Waals surface area contributed by atoms with E-state index in [0.717, 1.165) is 12.1 Å². The van der Waals surface area contributed by atoms with E-state index in [1.165, 1.54) is 11.8 Å². The highest BCUT2D eigenvalue weighted by Gasteiger charge is 2.24. The van der Waals surface area contributed by atoms with Crippen LogP contribution in [-0.4, -0.2) is 26.5 Å². The highest BCUT2D eigenvalue weighted by atomic mass is 32.2. The standard InChI is InChI=1S/C10H14F2N2O2S2/c1-6(5-17-2)14-18(15,16)9-4-7(13)3-8(11)10(9)12/h3-4,6,14H,5,13H2,1-2H3. The van der Waals surface area contributed by atoms with Crippen molar-refractivity contribution in [3.63, 3.8) is 0 Å². The van der Waals surface area contributed by atoms with Crippen LogP contribution in [0.15, 0.2) is 17.0 Å². The molecular formula is C10H14F2N2O2S2. The molecule has 3 N–H and O–H groups in total. The lowest BCUT2D eigenvalue weighted by Crippen LogP contribution is -2.34. The largest absolute Gasteiger partial charge is 0.399 e.